The highest BCUT2D eigenvalue weighted by Crippen LogP contribution is 2.29. The Morgan fingerprint density at radius 3 is 2.49 bits per heavy atom. The molecule has 7 nitrogen and oxygen atoms in total. The van der Waals surface area contributed by atoms with Gasteiger partial charge in [-0.15, -0.1) is 0 Å². The molecule has 0 atom stereocenters. The molecule has 8 heteroatoms. The van der Waals surface area contributed by atoms with Gasteiger partial charge in [-0.1, -0.05) is 42.5 Å². The number of hydrogen-bond donors (Lipinski definition) is 2. The van der Waals surface area contributed by atoms with Crippen molar-refractivity contribution in [3.05, 3.63) is 99.6 Å². The van der Waals surface area contributed by atoms with Crippen molar-refractivity contribution in [2.75, 3.05) is 19.0 Å². The van der Waals surface area contributed by atoms with E-state index >= 15 is 0 Å². The highest BCUT2D eigenvalue weighted by atomic mass is 127. The minimum Gasteiger partial charge on any atom is -0.493 e. The van der Waals surface area contributed by atoms with Crippen LogP contribution in [0, 0.1) is 3.57 Å². The average Bonchev–Trinajstić information content (AvgIpc) is 2.88. The number of fused-ring (bicyclic) bond motifs is 1. The molecule has 0 aliphatic rings. The van der Waals surface area contributed by atoms with Crippen LogP contribution in [0.4, 0.5) is 5.69 Å². The molecule has 176 valence electrons. The van der Waals surface area contributed by atoms with Crippen molar-refractivity contribution < 1.29 is 19.1 Å². The molecule has 1 amide bonds. The average molecular weight is 579 g/mol. The summed E-state index contributed by atoms with van der Waals surface area (Å²) in [5, 5.41) is 9.32. The van der Waals surface area contributed by atoms with Crippen molar-refractivity contribution >= 4 is 57.1 Å². The summed E-state index contributed by atoms with van der Waals surface area (Å²) in [6.45, 7) is 0.0756. The van der Waals surface area contributed by atoms with Crippen LogP contribution in [0.15, 0.2) is 90.0 Å². The van der Waals surface area contributed by atoms with Gasteiger partial charge in [0.25, 0.3) is 5.91 Å². The van der Waals surface area contributed by atoms with Crippen LogP contribution in [0.1, 0.15) is 15.9 Å². The topological polar surface area (TPSA) is 89.0 Å². The van der Waals surface area contributed by atoms with Crippen LogP contribution in [0.5, 0.6) is 11.5 Å². The summed E-state index contributed by atoms with van der Waals surface area (Å²) in [6, 6.07) is 26.1. The standard InChI is InChI=1S/C27H22IN3O4/c1-34-25-14-18(10-13-24(25)35-27(33)22-8-4-5-9-23(22)28)16-30-31-26(32)17-29-21-12-11-19-6-2-3-7-20(19)15-21/h2-16,29H,17H2,1H3,(H,31,32)/b30-16-. The molecule has 0 aliphatic heterocycles. The molecule has 0 unspecified atom stereocenters. The number of hydrazone groups is 1. The Hall–Kier alpha value is -3.92. The van der Waals surface area contributed by atoms with Gasteiger partial charge in [-0.3, -0.25) is 4.79 Å². The molecule has 0 radical (unpaired) electrons. The van der Waals surface area contributed by atoms with Gasteiger partial charge >= 0.3 is 5.97 Å². The summed E-state index contributed by atoms with van der Waals surface area (Å²) in [5.74, 6) is -0.0965. The number of amides is 1. The molecule has 0 spiro atoms. The van der Waals surface area contributed by atoms with Crippen molar-refractivity contribution in [3.8, 4) is 11.5 Å². The summed E-state index contributed by atoms with van der Waals surface area (Å²) in [5.41, 5.74) is 4.48. The zero-order valence-electron chi connectivity index (χ0n) is 18.8. The maximum absolute atomic E-state index is 12.5. The van der Waals surface area contributed by atoms with E-state index in [-0.39, 0.29) is 18.2 Å². The molecule has 4 aromatic carbocycles. The second-order valence-corrected chi connectivity index (χ2v) is 8.65. The van der Waals surface area contributed by atoms with Crippen LogP contribution in [0.25, 0.3) is 10.8 Å². The SMILES string of the molecule is COc1cc(/C=N\NC(=O)CNc2ccc3ccccc3c2)ccc1OC(=O)c1ccccc1I. The highest BCUT2D eigenvalue weighted by Gasteiger charge is 2.15. The van der Waals surface area contributed by atoms with Crippen molar-refractivity contribution in [1.82, 2.24) is 5.43 Å². The van der Waals surface area contributed by atoms with Crippen molar-refractivity contribution in [3.63, 3.8) is 0 Å². The number of halogens is 1. The van der Waals surface area contributed by atoms with Gasteiger partial charge in [0.2, 0.25) is 0 Å². The number of methoxy groups -OCH3 is 1. The van der Waals surface area contributed by atoms with E-state index in [0.717, 1.165) is 20.0 Å². The van der Waals surface area contributed by atoms with Crippen molar-refractivity contribution in [2.45, 2.75) is 0 Å². The fraction of sp³-hybridized carbons (Fsp3) is 0.0741. The lowest BCUT2D eigenvalue weighted by molar-refractivity contribution is -0.119. The van der Waals surface area contributed by atoms with Gasteiger partial charge in [0.05, 0.1) is 25.4 Å². The highest BCUT2D eigenvalue weighted by molar-refractivity contribution is 14.1. The summed E-state index contributed by atoms with van der Waals surface area (Å²) in [7, 11) is 1.49. The zero-order chi connectivity index (χ0) is 24.6. The summed E-state index contributed by atoms with van der Waals surface area (Å²) in [4.78, 5) is 24.7. The lowest BCUT2D eigenvalue weighted by Gasteiger charge is -2.10. The maximum atomic E-state index is 12.5. The Bertz CT molecular complexity index is 1400. The van der Waals surface area contributed by atoms with E-state index in [0.29, 0.717) is 16.9 Å². The van der Waals surface area contributed by atoms with Gasteiger partial charge in [-0.25, -0.2) is 10.2 Å². The van der Waals surface area contributed by atoms with E-state index in [1.165, 1.54) is 13.3 Å². The second kappa shape index (κ2) is 11.5. The number of carbonyl (C=O) groups excluding carboxylic acids is 2. The summed E-state index contributed by atoms with van der Waals surface area (Å²) < 4.78 is 11.7. The van der Waals surface area contributed by atoms with Crippen LogP contribution in [-0.4, -0.2) is 31.7 Å². The minimum absolute atomic E-state index is 0.0756. The fourth-order valence-corrected chi connectivity index (χ4v) is 3.94. The molecule has 4 aromatic rings. The molecule has 4 rings (SSSR count). The van der Waals surface area contributed by atoms with Crippen LogP contribution in [-0.2, 0) is 4.79 Å². The Kier molecular flexibility index (Phi) is 7.94. The maximum Gasteiger partial charge on any atom is 0.344 e. The van der Waals surface area contributed by atoms with Crippen LogP contribution < -0.4 is 20.2 Å². The first-order valence-electron chi connectivity index (χ1n) is 10.7. The summed E-state index contributed by atoms with van der Waals surface area (Å²) >= 11 is 2.09. The van der Waals surface area contributed by atoms with Crippen molar-refractivity contribution in [2.24, 2.45) is 5.10 Å². The monoisotopic (exact) mass is 579 g/mol. The third-order valence-corrected chi connectivity index (χ3v) is 6.03. The summed E-state index contributed by atoms with van der Waals surface area (Å²) in [6.07, 6.45) is 1.49. The van der Waals surface area contributed by atoms with E-state index in [9.17, 15) is 9.59 Å². The number of hydrogen-bond acceptors (Lipinski definition) is 6. The van der Waals surface area contributed by atoms with Gasteiger partial charge < -0.3 is 14.8 Å². The van der Waals surface area contributed by atoms with Crippen LogP contribution in [0.3, 0.4) is 0 Å². The number of carbonyl (C=O) groups is 2. The van der Waals surface area contributed by atoms with Crippen LogP contribution in [0.2, 0.25) is 0 Å². The Morgan fingerprint density at radius 2 is 1.69 bits per heavy atom. The van der Waals surface area contributed by atoms with Gasteiger partial charge in [-0.05, 0) is 81.4 Å². The van der Waals surface area contributed by atoms with E-state index < -0.39 is 5.97 Å². The lowest BCUT2D eigenvalue weighted by Crippen LogP contribution is -2.25. The van der Waals surface area contributed by atoms with Crippen molar-refractivity contribution in [1.29, 1.82) is 0 Å². The predicted octanol–water partition coefficient (Wildman–Crippen LogP) is 5.23. The zero-order valence-corrected chi connectivity index (χ0v) is 21.0. The fourth-order valence-electron chi connectivity index (χ4n) is 3.33. The van der Waals surface area contributed by atoms with E-state index in [4.69, 9.17) is 9.47 Å². The van der Waals surface area contributed by atoms with Gasteiger partial charge in [-0.2, -0.15) is 5.10 Å². The minimum atomic E-state index is -0.471. The number of esters is 1. The molecule has 35 heavy (non-hydrogen) atoms. The number of ether oxygens (including phenoxy) is 2. The molecular weight excluding hydrogens is 557 g/mol. The van der Waals surface area contributed by atoms with Crippen LogP contribution >= 0.6 is 22.6 Å². The van der Waals surface area contributed by atoms with E-state index in [1.807, 2.05) is 54.6 Å². The molecule has 0 bridgehead atoms. The van der Waals surface area contributed by atoms with Gasteiger partial charge in [0.1, 0.15) is 0 Å². The van der Waals surface area contributed by atoms with E-state index in [2.05, 4.69) is 38.4 Å². The first-order chi connectivity index (χ1) is 17.0. The lowest BCUT2D eigenvalue weighted by atomic mass is 10.1. The molecular formula is C27H22IN3O4. The second-order valence-electron chi connectivity index (χ2n) is 7.49. The molecule has 2 N–H and O–H groups in total. The molecule has 0 aliphatic carbocycles. The number of nitrogens with zero attached hydrogens (tertiary/aromatic N) is 1. The molecule has 0 fully saturated rings. The number of rotatable bonds is 8. The first kappa shape index (κ1) is 24.2. The molecule has 0 saturated heterocycles. The smallest absolute Gasteiger partial charge is 0.344 e. The number of anilines is 1. The molecule has 0 aromatic heterocycles. The van der Waals surface area contributed by atoms with E-state index in [1.54, 1.807) is 30.3 Å². The molecule has 0 heterocycles. The number of benzene rings is 4. The Morgan fingerprint density at radius 1 is 0.914 bits per heavy atom. The third kappa shape index (κ3) is 6.36. The number of nitrogens with one attached hydrogen (secondary N) is 2. The quantitative estimate of drug-likeness (QED) is 0.0981. The Balaban J connectivity index is 1.33. The first-order valence-corrected chi connectivity index (χ1v) is 11.8. The Labute approximate surface area is 216 Å². The normalized spacial score (nSPS) is 10.8. The van der Waals surface area contributed by atoms with Gasteiger partial charge in [0, 0.05) is 9.26 Å². The molecule has 0 saturated carbocycles. The third-order valence-electron chi connectivity index (χ3n) is 5.09. The predicted molar refractivity (Wildman–Crippen MR) is 145 cm³/mol. The van der Waals surface area contributed by atoms with Gasteiger partial charge in [0.15, 0.2) is 11.5 Å². The largest absolute Gasteiger partial charge is 0.493 e.